The molecule has 0 fully saturated rings. The Morgan fingerprint density at radius 1 is 1.50 bits per heavy atom. The highest BCUT2D eigenvalue weighted by atomic mass is 32.2. The van der Waals surface area contributed by atoms with Gasteiger partial charge in [0.2, 0.25) is 0 Å². The van der Waals surface area contributed by atoms with Crippen LogP contribution < -0.4 is 4.74 Å². The van der Waals surface area contributed by atoms with Crippen molar-refractivity contribution >= 4 is 15.8 Å². The highest BCUT2D eigenvalue weighted by Crippen LogP contribution is 2.32. The first-order valence-electron chi connectivity index (χ1n) is 4.11. The Balaban J connectivity index is 3.55. The van der Waals surface area contributed by atoms with Crippen LogP contribution in [-0.2, 0) is 10.1 Å². The van der Waals surface area contributed by atoms with E-state index in [-0.39, 0.29) is 21.9 Å². The third kappa shape index (κ3) is 2.43. The molecule has 7 nitrogen and oxygen atoms in total. The summed E-state index contributed by atoms with van der Waals surface area (Å²) < 4.78 is 35.7. The smallest absolute Gasteiger partial charge is 0.294 e. The Morgan fingerprint density at radius 3 is 2.56 bits per heavy atom. The zero-order valence-electron chi connectivity index (χ0n) is 8.58. The number of rotatable bonds is 3. The maximum Gasteiger partial charge on any atom is 0.294 e. The van der Waals surface area contributed by atoms with Gasteiger partial charge in [0.25, 0.3) is 10.1 Å². The number of benzene rings is 1. The molecule has 0 saturated heterocycles. The van der Waals surface area contributed by atoms with Crippen LogP contribution in [-0.4, -0.2) is 20.1 Å². The van der Waals surface area contributed by atoms with E-state index in [1.54, 1.807) is 0 Å². The predicted octanol–water partition coefficient (Wildman–Crippen LogP) is 2.19. The first-order valence-corrected chi connectivity index (χ1v) is 5.55. The molecule has 0 aromatic heterocycles. The molecular formula is C8H9N3O4S. The minimum Gasteiger partial charge on any atom is -0.496 e. The molecular weight excluding hydrogens is 234 g/mol. The van der Waals surface area contributed by atoms with E-state index in [1.165, 1.54) is 20.1 Å². The lowest BCUT2D eigenvalue weighted by molar-refractivity contribution is 0.413. The molecule has 86 valence electrons. The fourth-order valence-electron chi connectivity index (χ4n) is 1.22. The SMILES string of the molecule is COc1cc(S(=O)(=O)O)c(C)cc1N=[N+]=[N-]. The topological polar surface area (TPSA) is 112 Å². The van der Waals surface area contributed by atoms with E-state index in [0.29, 0.717) is 0 Å². The van der Waals surface area contributed by atoms with Gasteiger partial charge in [0.05, 0.1) is 12.8 Å². The number of methoxy groups -OCH3 is 1. The maximum absolute atomic E-state index is 11.0. The standard InChI is InChI=1S/C8H9N3O4S/c1-5-3-6(10-11-9)7(15-2)4-8(5)16(12,13)14/h3-4H,1-2H3,(H,12,13,14). The van der Waals surface area contributed by atoms with Crippen molar-refractivity contribution in [2.75, 3.05) is 7.11 Å². The molecule has 0 heterocycles. The van der Waals surface area contributed by atoms with Crippen LogP contribution in [0.5, 0.6) is 5.75 Å². The Morgan fingerprint density at radius 2 is 2.12 bits per heavy atom. The molecule has 0 spiro atoms. The molecule has 16 heavy (non-hydrogen) atoms. The fourth-order valence-corrected chi connectivity index (χ4v) is 1.94. The second-order valence-corrected chi connectivity index (χ2v) is 4.34. The number of hydrogen-bond acceptors (Lipinski definition) is 4. The van der Waals surface area contributed by atoms with Crippen molar-refractivity contribution < 1.29 is 17.7 Å². The summed E-state index contributed by atoms with van der Waals surface area (Å²) in [6.07, 6.45) is 0. The minimum absolute atomic E-state index is 0.0797. The Labute approximate surface area is 92.0 Å². The van der Waals surface area contributed by atoms with E-state index in [2.05, 4.69) is 10.0 Å². The van der Waals surface area contributed by atoms with Crippen LogP contribution in [0.25, 0.3) is 10.4 Å². The molecule has 0 unspecified atom stereocenters. The molecule has 1 aromatic carbocycles. The lowest BCUT2D eigenvalue weighted by Gasteiger charge is -2.08. The first-order chi connectivity index (χ1) is 7.40. The van der Waals surface area contributed by atoms with Crippen molar-refractivity contribution in [3.63, 3.8) is 0 Å². The second kappa shape index (κ2) is 4.40. The van der Waals surface area contributed by atoms with E-state index in [0.717, 1.165) is 6.07 Å². The Bertz CT molecular complexity index is 561. The summed E-state index contributed by atoms with van der Waals surface area (Å²) in [6.45, 7) is 1.47. The molecule has 8 heteroatoms. The molecule has 0 bridgehead atoms. The van der Waals surface area contributed by atoms with Gasteiger partial charge in [-0.1, -0.05) is 5.11 Å². The number of azide groups is 1. The van der Waals surface area contributed by atoms with Crippen LogP contribution >= 0.6 is 0 Å². The number of hydrogen-bond donors (Lipinski definition) is 1. The van der Waals surface area contributed by atoms with Gasteiger partial charge in [-0.05, 0) is 24.1 Å². The average Bonchev–Trinajstić information content (AvgIpc) is 2.16. The van der Waals surface area contributed by atoms with E-state index in [9.17, 15) is 8.42 Å². The molecule has 0 aliphatic heterocycles. The van der Waals surface area contributed by atoms with E-state index >= 15 is 0 Å². The van der Waals surface area contributed by atoms with Gasteiger partial charge in [0, 0.05) is 11.0 Å². The fraction of sp³-hybridized carbons (Fsp3) is 0.250. The highest BCUT2D eigenvalue weighted by molar-refractivity contribution is 7.85. The van der Waals surface area contributed by atoms with Crippen LogP contribution in [0.3, 0.4) is 0 Å². The summed E-state index contributed by atoms with van der Waals surface area (Å²) >= 11 is 0. The monoisotopic (exact) mass is 243 g/mol. The van der Waals surface area contributed by atoms with Crippen molar-refractivity contribution in [3.05, 3.63) is 28.1 Å². The van der Waals surface area contributed by atoms with Gasteiger partial charge in [0.1, 0.15) is 10.6 Å². The van der Waals surface area contributed by atoms with Crippen molar-refractivity contribution in [1.82, 2.24) is 0 Å². The quantitative estimate of drug-likeness (QED) is 0.379. The molecule has 0 aliphatic carbocycles. The summed E-state index contributed by atoms with van der Waals surface area (Å²) in [5, 5.41) is 3.34. The normalized spacial score (nSPS) is 10.7. The van der Waals surface area contributed by atoms with Crippen molar-refractivity contribution in [2.24, 2.45) is 5.11 Å². The summed E-state index contributed by atoms with van der Waals surface area (Å²) in [5.41, 5.74) is 8.73. The molecule has 0 atom stereocenters. The molecule has 0 amide bonds. The van der Waals surface area contributed by atoms with Gasteiger partial charge in [-0.3, -0.25) is 4.55 Å². The average molecular weight is 243 g/mol. The van der Waals surface area contributed by atoms with Crippen LogP contribution in [0.1, 0.15) is 5.56 Å². The van der Waals surface area contributed by atoms with E-state index < -0.39 is 10.1 Å². The van der Waals surface area contributed by atoms with Crippen molar-refractivity contribution in [1.29, 1.82) is 0 Å². The van der Waals surface area contributed by atoms with Crippen LogP contribution in [0.4, 0.5) is 5.69 Å². The minimum atomic E-state index is -4.31. The molecule has 0 radical (unpaired) electrons. The summed E-state index contributed by atoms with van der Waals surface area (Å²) in [7, 11) is -3.01. The van der Waals surface area contributed by atoms with Gasteiger partial charge in [-0.2, -0.15) is 8.42 Å². The maximum atomic E-state index is 11.0. The van der Waals surface area contributed by atoms with Crippen LogP contribution in [0, 0.1) is 6.92 Å². The van der Waals surface area contributed by atoms with E-state index in [4.69, 9.17) is 14.8 Å². The predicted molar refractivity (Wildman–Crippen MR) is 56.4 cm³/mol. The Hall–Kier alpha value is -1.76. The van der Waals surface area contributed by atoms with E-state index in [1.807, 2.05) is 0 Å². The Kier molecular flexibility index (Phi) is 3.38. The first kappa shape index (κ1) is 12.3. The van der Waals surface area contributed by atoms with Crippen molar-refractivity contribution in [2.45, 2.75) is 11.8 Å². The van der Waals surface area contributed by atoms with Gasteiger partial charge < -0.3 is 4.74 Å². The van der Waals surface area contributed by atoms with Crippen LogP contribution in [0.15, 0.2) is 22.1 Å². The molecule has 1 aromatic rings. The van der Waals surface area contributed by atoms with Gasteiger partial charge >= 0.3 is 0 Å². The zero-order valence-corrected chi connectivity index (χ0v) is 9.39. The summed E-state index contributed by atoms with van der Waals surface area (Å²) in [4.78, 5) is 2.30. The highest BCUT2D eigenvalue weighted by Gasteiger charge is 2.16. The molecule has 0 saturated carbocycles. The third-order valence-corrected chi connectivity index (χ3v) is 2.90. The number of nitrogens with zero attached hydrogens (tertiary/aromatic N) is 3. The van der Waals surface area contributed by atoms with Gasteiger partial charge in [0.15, 0.2) is 0 Å². The largest absolute Gasteiger partial charge is 0.496 e. The second-order valence-electron chi connectivity index (χ2n) is 2.95. The summed E-state index contributed by atoms with van der Waals surface area (Å²) in [6, 6.07) is 2.43. The van der Waals surface area contributed by atoms with Gasteiger partial charge in [-0.15, -0.1) is 0 Å². The lowest BCUT2D eigenvalue weighted by atomic mass is 10.2. The molecule has 1 N–H and O–H groups in total. The lowest BCUT2D eigenvalue weighted by Crippen LogP contribution is -2.01. The van der Waals surface area contributed by atoms with Crippen LogP contribution in [0.2, 0.25) is 0 Å². The van der Waals surface area contributed by atoms with Gasteiger partial charge in [-0.25, -0.2) is 0 Å². The zero-order chi connectivity index (χ0) is 12.3. The number of aryl methyl sites for hydroxylation is 1. The third-order valence-electron chi connectivity index (χ3n) is 1.91. The van der Waals surface area contributed by atoms with Crippen molar-refractivity contribution in [3.8, 4) is 5.75 Å². The number of ether oxygens (including phenoxy) is 1. The summed E-state index contributed by atoms with van der Waals surface area (Å²) in [5.74, 6) is 0.0797. The molecule has 0 aliphatic rings. The molecule has 1 rings (SSSR count).